The average Bonchev–Trinajstić information content (AvgIpc) is 2.71. The quantitative estimate of drug-likeness (QED) is 0.773. The maximum atomic E-state index is 13.0. The van der Waals surface area contributed by atoms with Gasteiger partial charge >= 0.3 is 0 Å². The lowest BCUT2D eigenvalue weighted by Gasteiger charge is -2.41. The SMILES string of the molecule is CS(=O)(=O)N[C@H]1CCCN2C(=O)COc3cnccc3C3CCC(CC3)OCC12. The number of piperidine rings is 1. The van der Waals surface area contributed by atoms with Crippen LogP contribution in [0.5, 0.6) is 5.75 Å². The number of nitrogens with one attached hydrogen (secondary N) is 1. The largest absolute Gasteiger partial charge is 0.482 e. The molecule has 0 spiro atoms. The Morgan fingerprint density at radius 3 is 2.76 bits per heavy atom. The molecule has 4 heterocycles. The zero-order valence-corrected chi connectivity index (χ0v) is 17.6. The molecule has 8 nitrogen and oxygen atoms in total. The fourth-order valence-corrected chi connectivity index (χ4v) is 5.66. The summed E-state index contributed by atoms with van der Waals surface area (Å²) in [5.74, 6) is 0.898. The normalized spacial score (nSPS) is 30.9. The first-order valence-electron chi connectivity index (χ1n) is 10.4. The van der Waals surface area contributed by atoms with Crippen molar-refractivity contribution in [2.75, 3.05) is 26.0 Å². The number of fused-ring (bicyclic) bond motifs is 5. The van der Waals surface area contributed by atoms with Crippen molar-refractivity contribution in [3.63, 3.8) is 0 Å². The lowest BCUT2D eigenvalue weighted by Crippen LogP contribution is -2.59. The van der Waals surface area contributed by atoms with Gasteiger partial charge in [0.05, 0.1) is 31.2 Å². The second-order valence-corrected chi connectivity index (χ2v) is 10.1. The minimum Gasteiger partial charge on any atom is -0.482 e. The van der Waals surface area contributed by atoms with Crippen LogP contribution < -0.4 is 9.46 Å². The summed E-state index contributed by atoms with van der Waals surface area (Å²) in [6.07, 6.45) is 10.0. The number of pyridine rings is 1. The van der Waals surface area contributed by atoms with E-state index in [9.17, 15) is 13.2 Å². The molecule has 1 amide bonds. The van der Waals surface area contributed by atoms with Gasteiger partial charge in [-0.2, -0.15) is 0 Å². The lowest BCUT2D eigenvalue weighted by atomic mass is 9.82. The minimum atomic E-state index is -3.38. The van der Waals surface area contributed by atoms with E-state index in [2.05, 4.69) is 9.71 Å². The Bertz CT molecular complexity index is 838. The molecule has 1 unspecified atom stereocenters. The second kappa shape index (κ2) is 8.57. The molecule has 1 saturated heterocycles. The number of carbonyl (C=O) groups is 1. The Kier molecular flexibility index (Phi) is 6.08. The lowest BCUT2D eigenvalue weighted by molar-refractivity contribution is -0.140. The third-order valence-electron chi connectivity index (χ3n) is 6.25. The molecule has 4 aliphatic rings. The molecule has 1 aromatic heterocycles. The molecule has 9 heteroatoms. The fraction of sp³-hybridized carbons (Fsp3) is 0.700. The van der Waals surface area contributed by atoms with E-state index < -0.39 is 10.0 Å². The highest BCUT2D eigenvalue weighted by molar-refractivity contribution is 7.88. The number of sulfonamides is 1. The van der Waals surface area contributed by atoms with Crippen molar-refractivity contribution < 1.29 is 22.7 Å². The molecule has 2 bridgehead atoms. The van der Waals surface area contributed by atoms with Gasteiger partial charge in [0.15, 0.2) is 6.61 Å². The van der Waals surface area contributed by atoms with Crippen LogP contribution in [0.4, 0.5) is 0 Å². The van der Waals surface area contributed by atoms with Crippen LogP contribution in [0, 0.1) is 0 Å². The maximum absolute atomic E-state index is 13.0. The standard InChI is InChI=1S/C20H29N3O5S/c1-29(25,26)22-17-3-2-10-23-18(17)12-27-15-6-4-14(5-7-15)16-8-9-21-11-19(16)28-13-20(23)24/h8-9,11,14-15,17-18,22H,2-7,10,12-13H2,1H3/t14?,15?,17-,18?/m0/s1. The van der Waals surface area contributed by atoms with Gasteiger partial charge in [0.25, 0.3) is 5.91 Å². The van der Waals surface area contributed by atoms with E-state index in [0.717, 1.165) is 43.9 Å². The van der Waals surface area contributed by atoms with Gasteiger partial charge in [0.2, 0.25) is 10.0 Å². The molecule has 0 radical (unpaired) electrons. The van der Waals surface area contributed by atoms with Gasteiger partial charge in [-0.15, -0.1) is 0 Å². The van der Waals surface area contributed by atoms with E-state index in [1.807, 2.05) is 6.07 Å². The monoisotopic (exact) mass is 423 g/mol. The highest BCUT2D eigenvalue weighted by Crippen LogP contribution is 2.38. The summed E-state index contributed by atoms with van der Waals surface area (Å²) in [6, 6.07) is 1.31. The molecule has 1 N–H and O–H groups in total. The number of aromatic nitrogens is 1. The first-order valence-corrected chi connectivity index (χ1v) is 12.2. The second-order valence-electron chi connectivity index (χ2n) is 8.30. The summed E-state index contributed by atoms with van der Waals surface area (Å²) < 4.78 is 38.5. The summed E-state index contributed by atoms with van der Waals surface area (Å²) >= 11 is 0. The molecule has 160 valence electrons. The third kappa shape index (κ3) is 4.90. The van der Waals surface area contributed by atoms with Crippen LogP contribution in [0.1, 0.15) is 50.0 Å². The van der Waals surface area contributed by atoms with Crippen molar-refractivity contribution in [1.29, 1.82) is 0 Å². The Morgan fingerprint density at radius 1 is 1.21 bits per heavy atom. The first-order chi connectivity index (χ1) is 13.9. The topological polar surface area (TPSA) is 97.8 Å². The van der Waals surface area contributed by atoms with Crippen LogP contribution in [0.2, 0.25) is 0 Å². The zero-order chi connectivity index (χ0) is 20.4. The summed E-state index contributed by atoms with van der Waals surface area (Å²) in [5, 5.41) is 0. The molecule has 1 saturated carbocycles. The van der Waals surface area contributed by atoms with Crippen molar-refractivity contribution in [1.82, 2.24) is 14.6 Å². The number of carbonyl (C=O) groups excluding carboxylic acids is 1. The number of amides is 1. The molecule has 2 atom stereocenters. The molecule has 2 fully saturated rings. The van der Waals surface area contributed by atoms with E-state index in [-0.39, 0.29) is 30.7 Å². The van der Waals surface area contributed by atoms with Crippen LogP contribution in [0.15, 0.2) is 18.5 Å². The van der Waals surface area contributed by atoms with Gasteiger partial charge in [-0.1, -0.05) is 0 Å². The predicted octanol–water partition coefficient (Wildman–Crippen LogP) is 1.43. The number of hydrogen-bond acceptors (Lipinski definition) is 6. The zero-order valence-electron chi connectivity index (χ0n) is 16.7. The number of hydrogen-bond donors (Lipinski definition) is 1. The Hall–Kier alpha value is -1.71. The summed E-state index contributed by atoms with van der Waals surface area (Å²) in [5.41, 5.74) is 1.11. The van der Waals surface area contributed by atoms with Crippen LogP contribution in [0.25, 0.3) is 0 Å². The molecule has 1 aliphatic carbocycles. The highest BCUT2D eigenvalue weighted by Gasteiger charge is 2.37. The maximum Gasteiger partial charge on any atom is 0.260 e. The fourth-order valence-electron chi connectivity index (χ4n) is 4.83. The molecule has 1 aromatic rings. The van der Waals surface area contributed by atoms with Crippen LogP contribution >= 0.6 is 0 Å². The van der Waals surface area contributed by atoms with Crippen LogP contribution in [-0.2, 0) is 19.6 Å². The van der Waals surface area contributed by atoms with E-state index >= 15 is 0 Å². The van der Waals surface area contributed by atoms with Gasteiger partial charge in [0, 0.05) is 24.3 Å². The van der Waals surface area contributed by atoms with Gasteiger partial charge in [0.1, 0.15) is 5.75 Å². The molecule has 29 heavy (non-hydrogen) atoms. The minimum absolute atomic E-state index is 0.0864. The van der Waals surface area contributed by atoms with E-state index in [1.54, 1.807) is 17.3 Å². The average molecular weight is 424 g/mol. The first kappa shape index (κ1) is 20.6. The smallest absolute Gasteiger partial charge is 0.260 e. The van der Waals surface area contributed by atoms with Gasteiger partial charge in [-0.25, -0.2) is 13.1 Å². The van der Waals surface area contributed by atoms with Gasteiger partial charge < -0.3 is 14.4 Å². The summed E-state index contributed by atoms with van der Waals surface area (Å²) in [4.78, 5) is 18.9. The molecule has 3 aliphatic heterocycles. The summed E-state index contributed by atoms with van der Waals surface area (Å²) in [7, 11) is -3.38. The summed E-state index contributed by atoms with van der Waals surface area (Å²) in [6.45, 7) is 0.824. The number of ether oxygens (including phenoxy) is 2. The van der Waals surface area contributed by atoms with Crippen LogP contribution in [-0.4, -0.2) is 68.4 Å². The molecule has 5 rings (SSSR count). The van der Waals surface area contributed by atoms with E-state index in [1.165, 1.54) is 0 Å². The number of nitrogens with zero attached hydrogens (tertiary/aromatic N) is 2. The van der Waals surface area contributed by atoms with E-state index in [4.69, 9.17) is 9.47 Å². The Labute approximate surface area is 172 Å². The van der Waals surface area contributed by atoms with Crippen molar-refractivity contribution in [3.8, 4) is 5.75 Å². The molecular formula is C20H29N3O5S. The molecule has 0 aromatic carbocycles. The number of rotatable bonds is 2. The van der Waals surface area contributed by atoms with Crippen molar-refractivity contribution >= 4 is 15.9 Å². The van der Waals surface area contributed by atoms with Gasteiger partial charge in [-0.3, -0.25) is 9.78 Å². The van der Waals surface area contributed by atoms with Gasteiger partial charge in [-0.05, 0) is 50.5 Å². The Balaban J connectivity index is 1.61. The third-order valence-corrected chi connectivity index (χ3v) is 6.98. The van der Waals surface area contributed by atoms with Crippen LogP contribution in [0.3, 0.4) is 0 Å². The van der Waals surface area contributed by atoms with Crippen molar-refractivity contribution in [2.45, 2.75) is 62.6 Å². The Morgan fingerprint density at radius 2 is 2.00 bits per heavy atom. The molecular weight excluding hydrogens is 394 g/mol. The van der Waals surface area contributed by atoms with Crippen molar-refractivity contribution in [2.24, 2.45) is 0 Å². The van der Waals surface area contributed by atoms with E-state index in [0.29, 0.717) is 31.2 Å². The predicted molar refractivity (Wildman–Crippen MR) is 107 cm³/mol. The van der Waals surface area contributed by atoms with Crippen molar-refractivity contribution in [3.05, 3.63) is 24.0 Å². The highest BCUT2D eigenvalue weighted by atomic mass is 32.2.